The number of thiophene rings is 1. The smallest absolute Gasteiger partial charge is 0.265 e. The number of nitrogens with one attached hydrogen (secondary N) is 1. The molecule has 0 aliphatic rings. The van der Waals surface area contributed by atoms with Gasteiger partial charge in [-0.15, -0.1) is 11.3 Å². The molecule has 0 aliphatic heterocycles. The molecule has 90 valence electrons. The normalized spacial score (nSPS) is 10.8. The van der Waals surface area contributed by atoms with Crippen LogP contribution in [-0.2, 0) is 6.42 Å². The van der Waals surface area contributed by atoms with Gasteiger partial charge in [-0.1, -0.05) is 6.92 Å². The Morgan fingerprint density at radius 2 is 2.18 bits per heavy atom. The minimum absolute atomic E-state index is 0.131. The van der Waals surface area contributed by atoms with Gasteiger partial charge in [-0.2, -0.15) is 0 Å². The monoisotopic (exact) mass is 376 g/mol. The Labute approximate surface area is 120 Å². The number of aromatic amines is 1. The zero-order valence-electron chi connectivity index (χ0n) is 9.30. The van der Waals surface area contributed by atoms with Crippen molar-refractivity contribution < 1.29 is 0 Å². The highest BCUT2D eigenvalue weighted by Crippen LogP contribution is 2.32. The van der Waals surface area contributed by atoms with Crippen LogP contribution in [-0.4, -0.2) is 9.97 Å². The molecular weight excluding hydrogens is 368 g/mol. The maximum absolute atomic E-state index is 11.7. The third-order valence-corrected chi connectivity index (χ3v) is 5.32. The van der Waals surface area contributed by atoms with E-state index in [9.17, 15) is 4.79 Å². The minimum Gasteiger partial charge on any atom is -0.305 e. The topological polar surface area (TPSA) is 45.8 Å². The molecule has 2 aromatic heterocycles. The van der Waals surface area contributed by atoms with Gasteiger partial charge in [-0.05, 0) is 51.3 Å². The molecule has 0 unspecified atom stereocenters. The van der Waals surface area contributed by atoms with Crippen molar-refractivity contribution in [2.75, 3.05) is 0 Å². The third-order valence-electron chi connectivity index (χ3n) is 2.36. The van der Waals surface area contributed by atoms with Gasteiger partial charge in [0.2, 0.25) is 0 Å². The van der Waals surface area contributed by atoms with Crippen LogP contribution in [0.4, 0.5) is 0 Å². The Bertz CT molecular complexity index is 599. The number of halogens is 2. The molecule has 6 heteroatoms. The van der Waals surface area contributed by atoms with Gasteiger partial charge in [-0.25, -0.2) is 4.98 Å². The SMILES string of the molecule is CCc1nc(-c2cc(Br)c(C)s2)[nH]c(=O)c1Br. The van der Waals surface area contributed by atoms with Gasteiger partial charge in [0.1, 0.15) is 4.47 Å². The number of aryl methyl sites for hydroxylation is 2. The largest absolute Gasteiger partial charge is 0.305 e. The molecule has 0 amide bonds. The van der Waals surface area contributed by atoms with Gasteiger partial charge in [-0.3, -0.25) is 4.79 Å². The highest BCUT2D eigenvalue weighted by molar-refractivity contribution is 9.10. The molecule has 2 rings (SSSR count). The highest BCUT2D eigenvalue weighted by atomic mass is 79.9. The summed E-state index contributed by atoms with van der Waals surface area (Å²) in [5.74, 6) is 0.633. The summed E-state index contributed by atoms with van der Waals surface area (Å²) in [5, 5.41) is 0. The van der Waals surface area contributed by atoms with Crippen molar-refractivity contribution in [3.8, 4) is 10.7 Å². The van der Waals surface area contributed by atoms with E-state index in [1.54, 1.807) is 11.3 Å². The van der Waals surface area contributed by atoms with Crippen LogP contribution in [0.2, 0.25) is 0 Å². The average molecular weight is 378 g/mol. The fraction of sp³-hybridized carbons (Fsp3) is 0.273. The van der Waals surface area contributed by atoms with Gasteiger partial charge in [0, 0.05) is 9.35 Å². The van der Waals surface area contributed by atoms with Gasteiger partial charge < -0.3 is 4.98 Å². The van der Waals surface area contributed by atoms with E-state index in [0.717, 1.165) is 21.5 Å². The lowest BCUT2D eigenvalue weighted by molar-refractivity contribution is 0.973. The summed E-state index contributed by atoms with van der Waals surface area (Å²) in [6.07, 6.45) is 0.725. The summed E-state index contributed by atoms with van der Waals surface area (Å²) in [4.78, 5) is 21.1. The molecule has 0 fully saturated rings. The fourth-order valence-corrected chi connectivity index (χ4v) is 3.38. The molecule has 0 atom stereocenters. The van der Waals surface area contributed by atoms with Gasteiger partial charge in [0.25, 0.3) is 5.56 Å². The van der Waals surface area contributed by atoms with Crippen molar-refractivity contribution in [1.82, 2.24) is 9.97 Å². The Kier molecular flexibility index (Phi) is 3.85. The van der Waals surface area contributed by atoms with E-state index in [1.807, 2.05) is 19.9 Å². The molecule has 3 nitrogen and oxygen atoms in total. The maximum atomic E-state index is 11.7. The molecule has 0 radical (unpaired) electrons. The van der Waals surface area contributed by atoms with E-state index in [2.05, 4.69) is 41.8 Å². The van der Waals surface area contributed by atoms with E-state index in [0.29, 0.717) is 10.3 Å². The van der Waals surface area contributed by atoms with Crippen LogP contribution in [0.25, 0.3) is 10.7 Å². The first-order valence-electron chi connectivity index (χ1n) is 5.08. The van der Waals surface area contributed by atoms with Gasteiger partial charge >= 0.3 is 0 Å². The van der Waals surface area contributed by atoms with Crippen molar-refractivity contribution in [3.63, 3.8) is 0 Å². The fourth-order valence-electron chi connectivity index (χ4n) is 1.43. The molecule has 1 N–H and O–H groups in total. The molecule has 2 aromatic rings. The van der Waals surface area contributed by atoms with Crippen LogP contribution in [0.3, 0.4) is 0 Å². The average Bonchev–Trinajstić information content (AvgIpc) is 2.63. The van der Waals surface area contributed by atoms with Crippen LogP contribution >= 0.6 is 43.2 Å². The molecule has 0 saturated heterocycles. The Morgan fingerprint density at radius 1 is 1.47 bits per heavy atom. The van der Waals surface area contributed by atoms with Crippen LogP contribution < -0.4 is 5.56 Å². The van der Waals surface area contributed by atoms with Crippen LogP contribution in [0, 0.1) is 6.92 Å². The summed E-state index contributed by atoms with van der Waals surface area (Å²) in [5.41, 5.74) is 0.653. The second-order valence-corrected chi connectivity index (χ2v) is 6.45. The van der Waals surface area contributed by atoms with Crippen molar-refractivity contribution in [2.24, 2.45) is 0 Å². The standard InChI is InChI=1S/C11H10Br2N2OS/c1-3-7-9(13)11(16)15-10(14-7)8-4-6(12)5(2)17-8/h4H,3H2,1-2H3,(H,14,15,16). The molecule has 0 saturated carbocycles. The lowest BCUT2D eigenvalue weighted by Gasteiger charge is -2.02. The Morgan fingerprint density at radius 3 is 2.71 bits per heavy atom. The first-order chi connectivity index (χ1) is 8.02. The van der Waals surface area contributed by atoms with E-state index < -0.39 is 0 Å². The molecule has 0 aliphatic carbocycles. The van der Waals surface area contributed by atoms with E-state index in [-0.39, 0.29) is 5.56 Å². The van der Waals surface area contributed by atoms with Crippen LogP contribution in [0.1, 0.15) is 17.5 Å². The Balaban J connectivity index is 2.60. The predicted octanol–water partition coefficient (Wildman–Crippen LogP) is 3.89. The Hall–Kier alpha value is -0.460. The zero-order valence-corrected chi connectivity index (χ0v) is 13.3. The van der Waals surface area contributed by atoms with Crippen molar-refractivity contribution >= 4 is 43.2 Å². The highest BCUT2D eigenvalue weighted by Gasteiger charge is 2.11. The quantitative estimate of drug-likeness (QED) is 0.862. The predicted molar refractivity (Wildman–Crippen MR) is 77.7 cm³/mol. The maximum Gasteiger partial charge on any atom is 0.265 e. The number of rotatable bonds is 2. The summed E-state index contributed by atoms with van der Waals surface area (Å²) < 4.78 is 1.57. The van der Waals surface area contributed by atoms with Gasteiger partial charge in [0.15, 0.2) is 5.82 Å². The van der Waals surface area contributed by atoms with Gasteiger partial charge in [0.05, 0.1) is 10.6 Å². The summed E-state index contributed by atoms with van der Waals surface area (Å²) >= 11 is 8.32. The minimum atomic E-state index is -0.131. The van der Waals surface area contributed by atoms with Crippen LogP contribution in [0.5, 0.6) is 0 Å². The molecule has 0 aromatic carbocycles. The zero-order chi connectivity index (χ0) is 12.6. The van der Waals surface area contributed by atoms with E-state index in [4.69, 9.17) is 0 Å². The van der Waals surface area contributed by atoms with Crippen LogP contribution in [0.15, 0.2) is 19.8 Å². The first-order valence-corrected chi connectivity index (χ1v) is 7.48. The van der Waals surface area contributed by atoms with Crippen molar-refractivity contribution in [2.45, 2.75) is 20.3 Å². The molecule has 2 heterocycles. The molecular formula is C11H10Br2N2OS. The lowest BCUT2D eigenvalue weighted by Crippen LogP contribution is -2.12. The number of nitrogens with zero attached hydrogens (tertiary/aromatic N) is 1. The first kappa shape index (κ1) is 13.0. The number of hydrogen-bond acceptors (Lipinski definition) is 3. The second kappa shape index (κ2) is 5.04. The number of aromatic nitrogens is 2. The third kappa shape index (κ3) is 2.53. The number of hydrogen-bond donors (Lipinski definition) is 1. The summed E-state index contributed by atoms with van der Waals surface area (Å²) in [6, 6.07) is 1.98. The van der Waals surface area contributed by atoms with Crippen molar-refractivity contribution in [1.29, 1.82) is 0 Å². The summed E-state index contributed by atoms with van der Waals surface area (Å²) in [7, 11) is 0. The molecule has 0 bridgehead atoms. The lowest BCUT2D eigenvalue weighted by atomic mass is 10.3. The molecule has 17 heavy (non-hydrogen) atoms. The second-order valence-electron chi connectivity index (χ2n) is 3.54. The number of H-pyrrole nitrogens is 1. The van der Waals surface area contributed by atoms with Crippen molar-refractivity contribution in [3.05, 3.63) is 35.9 Å². The van der Waals surface area contributed by atoms with E-state index in [1.165, 1.54) is 4.88 Å². The molecule has 0 spiro atoms. The van der Waals surface area contributed by atoms with E-state index >= 15 is 0 Å². The summed E-state index contributed by atoms with van der Waals surface area (Å²) in [6.45, 7) is 4.00.